The van der Waals surface area contributed by atoms with E-state index in [-0.39, 0.29) is 24.3 Å². The van der Waals surface area contributed by atoms with Crippen LogP contribution in [0.25, 0.3) is 5.65 Å². The van der Waals surface area contributed by atoms with Crippen molar-refractivity contribution in [2.75, 3.05) is 13.2 Å². The highest BCUT2D eigenvalue weighted by Crippen LogP contribution is 2.41. The second-order valence-electron chi connectivity index (χ2n) is 7.29. The van der Waals surface area contributed by atoms with Crippen LogP contribution in [0.4, 0.5) is 0 Å². The molecule has 2 aromatic heterocycles. The number of aromatic nitrogens is 2. The Morgan fingerprint density at radius 3 is 3.00 bits per heavy atom. The Morgan fingerprint density at radius 2 is 2.14 bits per heavy atom. The Balaban J connectivity index is 1.38. The minimum atomic E-state index is -0.477. The molecule has 1 amide bonds. The van der Waals surface area contributed by atoms with E-state index < -0.39 is 11.5 Å². The van der Waals surface area contributed by atoms with Gasteiger partial charge >= 0.3 is 0 Å². The molecule has 28 heavy (non-hydrogen) atoms. The van der Waals surface area contributed by atoms with E-state index in [4.69, 9.17) is 9.47 Å². The number of para-hydroxylation sites is 1. The van der Waals surface area contributed by atoms with Crippen molar-refractivity contribution in [2.45, 2.75) is 25.9 Å². The first kappa shape index (κ1) is 18.0. The van der Waals surface area contributed by atoms with Gasteiger partial charge in [0.1, 0.15) is 23.4 Å². The number of nitrogens with zero attached hydrogens (tertiary/aromatic N) is 2. The SMILES string of the molecule is CC1(C)Cc2cccc(OCCNC(=O)c3cnc4ccccn4c3=O)c2O1. The second-order valence-corrected chi connectivity index (χ2v) is 7.29. The molecule has 1 aromatic carbocycles. The largest absolute Gasteiger partial charge is 0.488 e. The van der Waals surface area contributed by atoms with Gasteiger partial charge in [-0.25, -0.2) is 4.98 Å². The van der Waals surface area contributed by atoms with Crippen LogP contribution in [-0.2, 0) is 6.42 Å². The summed E-state index contributed by atoms with van der Waals surface area (Å²) in [5.41, 5.74) is 0.950. The van der Waals surface area contributed by atoms with Crippen molar-refractivity contribution in [1.29, 1.82) is 0 Å². The summed E-state index contributed by atoms with van der Waals surface area (Å²) in [6.45, 7) is 4.58. The van der Waals surface area contributed by atoms with Gasteiger partial charge in [-0.3, -0.25) is 14.0 Å². The normalized spacial score (nSPS) is 14.4. The second kappa shape index (κ2) is 6.99. The van der Waals surface area contributed by atoms with Gasteiger partial charge in [-0.15, -0.1) is 0 Å². The number of pyridine rings is 1. The molecule has 0 bridgehead atoms. The van der Waals surface area contributed by atoms with Crippen LogP contribution < -0.4 is 20.3 Å². The summed E-state index contributed by atoms with van der Waals surface area (Å²) in [7, 11) is 0. The zero-order valence-corrected chi connectivity index (χ0v) is 15.8. The van der Waals surface area contributed by atoms with Crippen molar-refractivity contribution in [3.8, 4) is 11.5 Å². The quantitative estimate of drug-likeness (QED) is 0.688. The van der Waals surface area contributed by atoms with E-state index in [0.717, 1.165) is 17.7 Å². The van der Waals surface area contributed by atoms with Gasteiger partial charge < -0.3 is 14.8 Å². The van der Waals surface area contributed by atoms with Crippen LogP contribution in [0.15, 0.2) is 53.6 Å². The highest BCUT2D eigenvalue weighted by molar-refractivity contribution is 5.93. The molecule has 1 aliphatic heterocycles. The predicted octanol–water partition coefficient (Wildman–Crippen LogP) is 2.22. The van der Waals surface area contributed by atoms with Crippen molar-refractivity contribution in [1.82, 2.24) is 14.7 Å². The lowest BCUT2D eigenvalue weighted by Gasteiger charge is -2.18. The minimum Gasteiger partial charge on any atom is -0.488 e. The number of carbonyl (C=O) groups excluding carboxylic acids is 1. The number of carbonyl (C=O) groups is 1. The molecule has 0 saturated heterocycles. The van der Waals surface area contributed by atoms with E-state index in [1.54, 1.807) is 24.4 Å². The molecule has 4 rings (SSSR count). The summed E-state index contributed by atoms with van der Waals surface area (Å²) in [5, 5.41) is 2.70. The molecule has 0 aliphatic carbocycles. The monoisotopic (exact) mass is 379 g/mol. The Morgan fingerprint density at radius 1 is 1.29 bits per heavy atom. The first-order chi connectivity index (χ1) is 13.4. The van der Waals surface area contributed by atoms with Crippen molar-refractivity contribution >= 4 is 11.6 Å². The molecule has 0 unspecified atom stereocenters. The summed E-state index contributed by atoms with van der Waals surface area (Å²) in [6, 6.07) is 11.0. The molecule has 0 fully saturated rings. The third kappa shape index (κ3) is 3.43. The Labute approximate surface area is 161 Å². The lowest BCUT2D eigenvalue weighted by molar-refractivity contribution is 0.0944. The number of ether oxygens (including phenoxy) is 2. The fourth-order valence-corrected chi connectivity index (χ4v) is 3.30. The molecule has 0 atom stereocenters. The number of rotatable bonds is 5. The van der Waals surface area contributed by atoms with Crippen molar-refractivity contribution in [3.05, 3.63) is 70.3 Å². The average Bonchev–Trinajstić information content (AvgIpc) is 3.00. The molecule has 3 aromatic rings. The highest BCUT2D eigenvalue weighted by Gasteiger charge is 2.32. The zero-order valence-electron chi connectivity index (χ0n) is 15.8. The standard InChI is InChI=1S/C21H21N3O4/c1-21(2)12-14-6-5-7-16(18(14)28-21)27-11-9-22-19(25)15-13-23-17-8-3-4-10-24(17)20(15)26/h3-8,10,13H,9,11-12H2,1-2H3,(H,22,25). The lowest BCUT2D eigenvalue weighted by Crippen LogP contribution is -2.33. The van der Waals surface area contributed by atoms with E-state index in [2.05, 4.69) is 10.3 Å². The highest BCUT2D eigenvalue weighted by atomic mass is 16.5. The van der Waals surface area contributed by atoms with Crippen LogP contribution in [0.1, 0.15) is 29.8 Å². The van der Waals surface area contributed by atoms with Crippen LogP contribution in [0.3, 0.4) is 0 Å². The molecule has 0 radical (unpaired) electrons. The fraction of sp³-hybridized carbons (Fsp3) is 0.286. The maximum Gasteiger partial charge on any atom is 0.270 e. The minimum absolute atomic E-state index is 0.00520. The van der Waals surface area contributed by atoms with E-state index >= 15 is 0 Å². The van der Waals surface area contributed by atoms with Gasteiger partial charge in [0.15, 0.2) is 11.5 Å². The smallest absolute Gasteiger partial charge is 0.270 e. The van der Waals surface area contributed by atoms with Gasteiger partial charge in [0, 0.05) is 24.4 Å². The van der Waals surface area contributed by atoms with E-state index in [1.807, 2.05) is 32.0 Å². The molecule has 1 aliphatic rings. The number of amides is 1. The third-order valence-corrected chi connectivity index (χ3v) is 4.56. The van der Waals surface area contributed by atoms with Crippen LogP contribution in [-0.4, -0.2) is 34.0 Å². The average molecular weight is 379 g/mol. The Kier molecular flexibility index (Phi) is 4.50. The van der Waals surface area contributed by atoms with Crippen LogP contribution in [0.2, 0.25) is 0 Å². The summed E-state index contributed by atoms with van der Waals surface area (Å²) in [5.74, 6) is 0.940. The number of nitrogens with one attached hydrogen (secondary N) is 1. The van der Waals surface area contributed by atoms with Crippen molar-refractivity contribution in [3.63, 3.8) is 0 Å². The van der Waals surface area contributed by atoms with Gasteiger partial charge in [-0.05, 0) is 32.0 Å². The Hall–Kier alpha value is -3.35. The maximum absolute atomic E-state index is 12.4. The summed E-state index contributed by atoms with van der Waals surface area (Å²) < 4.78 is 13.1. The molecule has 3 heterocycles. The summed E-state index contributed by atoms with van der Waals surface area (Å²) >= 11 is 0. The Bertz CT molecular complexity index is 1100. The topological polar surface area (TPSA) is 81.9 Å². The molecule has 7 nitrogen and oxygen atoms in total. The molecular weight excluding hydrogens is 358 g/mol. The first-order valence-corrected chi connectivity index (χ1v) is 9.13. The summed E-state index contributed by atoms with van der Waals surface area (Å²) in [6.07, 6.45) is 3.71. The van der Waals surface area contributed by atoms with Crippen LogP contribution in [0.5, 0.6) is 11.5 Å². The zero-order chi connectivity index (χ0) is 19.7. The summed E-state index contributed by atoms with van der Waals surface area (Å²) in [4.78, 5) is 28.9. The maximum atomic E-state index is 12.4. The third-order valence-electron chi connectivity index (χ3n) is 4.56. The van der Waals surface area contributed by atoms with Gasteiger partial charge in [-0.1, -0.05) is 18.2 Å². The van der Waals surface area contributed by atoms with Gasteiger partial charge in [-0.2, -0.15) is 0 Å². The van der Waals surface area contributed by atoms with Crippen LogP contribution in [0, 0.1) is 0 Å². The van der Waals surface area contributed by atoms with Gasteiger partial charge in [0.25, 0.3) is 11.5 Å². The fourth-order valence-electron chi connectivity index (χ4n) is 3.30. The lowest BCUT2D eigenvalue weighted by atomic mass is 10.0. The van der Waals surface area contributed by atoms with Crippen molar-refractivity contribution in [2.24, 2.45) is 0 Å². The van der Waals surface area contributed by atoms with E-state index in [1.165, 1.54) is 10.6 Å². The number of hydrogen-bond acceptors (Lipinski definition) is 5. The molecule has 0 spiro atoms. The van der Waals surface area contributed by atoms with Gasteiger partial charge in [0.05, 0.1) is 6.54 Å². The molecule has 144 valence electrons. The number of benzene rings is 1. The van der Waals surface area contributed by atoms with Crippen molar-refractivity contribution < 1.29 is 14.3 Å². The first-order valence-electron chi connectivity index (χ1n) is 9.13. The number of fused-ring (bicyclic) bond motifs is 2. The molecule has 0 saturated carbocycles. The van der Waals surface area contributed by atoms with Gasteiger partial charge in [0.2, 0.25) is 0 Å². The van der Waals surface area contributed by atoms with E-state index in [9.17, 15) is 9.59 Å². The predicted molar refractivity (Wildman–Crippen MR) is 104 cm³/mol. The molecular formula is C21H21N3O4. The molecule has 1 N–H and O–H groups in total. The van der Waals surface area contributed by atoms with E-state index in [0.29, 0.717) is 11.4 Å². The number of hydrogen-bond donors (Lipinski definition) is 1. The molecule has 7 heteroatoms. The van der Waals surface area contributed by atoms with Crippen LogP contribution >= 0.6 is 0 Å².